The third-order valence-corrected chi connectivity index (χ3v) is 5.67. The zero-order valence-electron chi connectivity index (χ0n) is 12.0. The van der Waals surface area contributed by atoms with Crippen LogP contribution in [-0.2, 0) is 16.6 Å². The molecule has 0 saturated heterocycles. The van der Waals surface area contributed by atoms with Gasteiger partial charge in [-0.25, -0.2) is 17.5 Å². The molecular formula is C14H21FN2O2S. The second kappa shape index (κ2) is 5.09. The standard InChI is InChI=1S/C14H21FN2O2S/c1-9-12(15)6-10(8-16)7-13(9)20(18,19)17-14(2,3)11-4-5-11/h6-7,11,17H,4-5,8,16H2,1-3H3. The van der Waals surface area contributed by atoms with Crippen LogP contribution in [0.15, 0.2) is 17.0 Å². The fraction of sp³-hybridized carbons (Fsp3) is 0.571. The van der Waals surface area contributed by atoms with E-state index in [9.17, 15) is 12.8 Å². The predicted molar refractivity (Wildman–Crippen MR) is 76.2 cm³/mol. The Balaban J connectivity index is 2.41. The molecule has 0 heterocycles. The lowest BCUT2D eigenvalue weighted by molar-refractivity contribution is 0.400. The van der Waals surface area contributed by atoms with Crippen LogP contribution in [0.3, 0.4) is 0 Å². The van der Waals surface area contributed by atoms with Crippen molar-refractivity contribution in [2.45, 2.75) is 50.6 Å². The highest BCUT2D eigenvalue weighted by Crippen LogP contribution is 2.40. The van der Waals surface area contributed by atoms with Gasteiger partial charge in [0.25, 0.3) is 0 Å². The second-order valence-electron chi connectivity index (χ2n) is 6.01. The first-order valence-electron chi connectivity index (χ1n) is 6.70. The van der Waals surface area contributed by atoms with E-state index in [0.29, 0.717) is 11.5 Å². The predicted octanol–water partition coefficient (Wildman–Crippen LogP) is 2.06. The van der Waals surface area contributed by atoms with Crippen LogP contribution >= 0.6 is 0 Å². The van der Waals surface area contributed by atoms with Crippen molar-refractivity contribution in [1.29, 1.82) is 0 Å². The molecule has 3 N–H and O–H groups in total. The summed E-state index contributed by atoms with van der Waals surface area (Å²) in [5.74, 6) is -0.197. The van der Waals surface area contributed by atoms with Crippen molar-refractivity contribution in [3.8, 4) is 0 Å². The number of benzene rings is 1. The monoisotopic (exact) mass is 300 g/mol. The molecule has 1 aliphatic rings. The maximum Gasteiger partial charge on any atom is 0.241 e. The van der Waals surface area contributed by atoms with E-state index in [1.54, 1.807) is 0 Å². The van der Waals surface area contributed by atoms with Gasteiger partial charge in [0.15, 0.2) is 0 Å². The van der Waals surface area contributed by atoms with E-state index in [1.807, 2.05) is 13.8 Å². The average Bonchev–Trinajstić information content (AvgIpc) is 3.15. The molecule has 0 atom stereocenters. The number of halogens is 1. The zero-order valence-corrected chi connectivity index (χ0v) is 12.8. The molecule has 0 aromatic heterocycles. The van der Waals surface area contributed by atoms with Crippen molar-refractivity contribution in [3.05, 3.63) is 29.1 Å². The fourth-order valence-corrected chi connectivity index (χ4v) is 4.17. The van der Waals surface area contributed by atoms with Crippen molar-refractivity contribution >= 4 is 10.0 Å². The molecular weight excluding hydrogens is 279 g/mol. The first-order chi connectivity index (χ1) is 9.17. The van der Waals surface area contributed by atoms with Crippen molar-refractivity contribution in [1.82, 2.24) is 4.72 Å². The van der Waals surface area contributed by atoms with Crippen LogP contribution < -0.4 is 10.5 Å². The SMILES string of the molecule is Cc1c(F)cc(CN)cc1S(=O)(=O)NC(C)(C)C1CC1. The Morgan fingerprint density at radius 3 is 2.50 bits per heavy atom. The third kappa shape index (κ3) is 3.02. The number of nitrogens with two attached hydrogens (primary N) is 1. The third-order valence-electron chi connectivity index (χ3n) is 3.88. The van der Waals surface area contributed by atoms with Gasteiger partial charge in [0.2, 0.25) is 10.0 Å². The highest BCUT2D eigenvalue weighted by Gasteiger charge is 2.41. The molecule has 0 aliphatic heterocycles. The van der Waals surface area contributed by atoms with Crippen LogP contribution in [0.1, 0.15) is 37.8 Å². The van der Waals surface area contributed by atoms with E-state index in [2.05, 4.69) is 4.72 Å². The lowest BCUT2D eigenvalue weighted by Crippen LogP contribution is -2.45. The summed E-state index contributed by atoms with van der Waals surface area (Å²) in [7, 11) is -3.75. The molecule has 2 rings (SSSR count). The van der Waals surface area contributed by atoms with Gasteiger partial charge in [-0.3, -0.25) is 0 Å². The maximum absolute atomic E-state index is 13.8. The van der Waals surface area contributed by atoms with E-state index in [-0.39, 0.29) is 17.0 Å². The molecule has 0 unspecified atom stereocenters. The zero-order chi connectivity index (χ0) is 15.1. The molecule has 0 amide bonds. The second-order valence-corrected chi connectivity index (χ2v) is 7.66. The quantitative estimate of drug-likeness (QED) is 0.874. The number of rotatable bonds is 5. The Hall–Kier alpha value is -0.980. The van der Waals surface area contributed by atoms with E-state index < -0.39 is 21.4 Å². The Morgan fingerprint density at radius 2 is 2.00 bits per heavy atom. The Bertz CT molecular complexity index is 622. The molecule has 1 aromatic rings. The minimum atomic E-state index is -3.75. The lowest BCUT2D eigenvalue weighted by Gasteiger charge is -2.26. The summed E-state index contributed by atoms with van der Waals surface area (Å²) < 4.78 is 41.5. The molecule has 1 aromatic carbocycles. The van der Waals surface area contributed by atoms with Gasteiger partial charge in [-0.05, 0) is 57.2 Å². The van der Waals surface area contributed by atoms with Crippen LogP contribution in [0.5, 0.6) is 0 Å². The number of sulfonamides is 1. The molecule has 20 heavy (non-hydrogen) atoms. The minimum absolute atomic E-state index is 0.0216. The van der Waals surface area contributed by atoms with Gasteiger partial charge in [0, 0.05) is 17.6 Å². The smallest absolute Gasteiger partial charge is 0.241 e. The summed E-state index contributed by atoms with van der Waals surface area (Å²) in [6, 6.07) is 2.73. The lowest BCUT2D eigenvalue weighted by atomic mass is 10.0. The van der Waals surface area contributed by atoms with Crippen LogP contribution in [0.2, 0.25) is 0 Å². The largest absolute Gasteiger partial charge is 0.326 e. The highest BCUT2D eigenvalue weighted by molar-refractivity contribution is 7.89. The Labute approximate surface area is 119 Å². The first kappa shape index (κ1) is 15.4. The van der Waals surface area contributed by atoms with Gasteiger partial charge in [0.05, 0.1) is 4.90 Å². The van der Waals surface area contributed by atoms with Gasteiger partial charge >= 0.3 is 0 Å². The van der Waals surface area contributed by atoms with Crippen LogP contribution in [0.4, 0.5) is 4.39 Å². The molecule has 112 valence electrons. The highest BCUT2D eigenvalue weighted by atomic mass is 32.2. The van der Waals surface area contributed by atoms with Gasteiger partial charge in [-0.15, -0.1) is 0 Å². The van der Waals surface area contributed by atoms with Crippen molar-refractivity contribution < 1.29 is 12.8 Å². The Kier molecular flexibility index (Phi) is 3.92. The summed E-state index contributed by atoms with van der Waals surface area (Å²) in [5, 5.41) is 0. The van der Waals surface area contributed by atoms with Gasteiger partial charge in [0.1, 0.15) is 5.82 Å². The number of hydrogen-bond donors (Lipinski definition) is 2. The van der Waals surface area contributed by atoms with Crippen LogP contribution in [0.25, 0.3) is 0 Å². The maximum atomic E-state index is 13.8. The summed E-state index contributed by atoms with van der Waals surface area (Å²) in [6.45, 7) is 5.29. The Morgan fingerprint density at radius 1 is 1.40 bits per heavy atom. The average molecular weight is 300 g/mol. The van der Waals surface area contributed by atoms with E-state index in [4.69, 9.17) is 5.73 Å². The van der Waals surface area contributed by atoms with Crippen molar-refractivity contribution in [2.75, 3.05) is 0 Å². The van der Waals surface area contributed by atoms with E-state index in [1.165, 1.54) is 19.1 Å². The molecule has 0 spiro atoms. The first-order valence-corrected chi connectivity index (χ1v) is 8.19. The molecule has 0 bridgehead atoms. The van der Waals surface area contributed by atoms with E-state index in [0.717, 1.165) is 12.8 Å². The fourth-order valence-electron chi connectivity index (χ4n) is 2.39. The van der Waals surface area contributed by atoms with Crippen LogP contribution in [-0.4, -0.2) is 14.0 Å². The topological polar surface area (TPSA) is 72.2 Å². The van der Waals surface area contributed by atoms with Crippen molar-refractivity contribution in [2.24, 2.45) is 11.7 Å². The van der Waals surface area contributed by atoms with Crippen molar-refractivity contribution in [3.63, 3.8) is 0 Å². The normalized spacial score (nSPS) is 16.4. The summed E-state index contributed by atoms with van der Waals surface area (Å²) in [4.78, 5) is -0.0216. The summed E-state index contributed by atoms with van der Waals surface area (Å²) in [5.41, 5.74) is 5.57. The summed E-state index contributed by atoms with van der Waals surface area (Å²) >= 11 is 0. The summed E-state index contributed by atoms with van der Waals surface area (Å²) in [6.07, 6.45) is 2.04. The molecule has 1 fully saturated rings. The molecule has 6 heteroatoms. The number of hydrogen-bond acceptors (Lipinski definition) is 3. The molecule has 0 radical (unpaired) electrons. The molecule has 4 nitrogen and oxygen atoms in total. The minimum Gasteiger partial charge on any atom is -0.326 e. The van der Waals surface area contributed by atoms with Gasteiger partial charge < -0.3 is 5.73 Å². The molecule has 1 aliphatic carbocycles. The van der Waals surface area contributed by atoms with Crippen LogP contribution in [0, 0.1) is 18.7 Å². The molecule has 1 saturated carbocycles. The van der Waals surface area contributed by atoms with E-state index >= 15 is 0 Å². The number of nitrogens with one attached hydrogen (secondary N) is 1. The van der Waals surface area contributed by atoms with Gasteiger partial charge in [-0.2, -0.15) is 0 Å². The van der Waals surface area contributed by atoms with Gasteiger partial charge in [-0.1, -0.05) is 0 Å².